The van der Waals surface area contributed by atoms with Gasteiger partial charge in [0, 0.05) is 5.33 Å². The third kappa shape index (κ3) is 9.70. The molecule has 1 atom stereocenters. The van der Waals surface area contributed by atoms with Crippen LogP contribution in [0.2, 0.25) is 0 Å². The summed E-state index contributed by atoms with van der Waals surface area (Å²) in [5.41, 5.74) is 2.87. The molecule has 0 amide bonds. The fourth-order valence-electron chi connectivity index (χ4n) is 1.83. The van der Waals surface area contributed by atoms with Gasteiger partial charge in [0.25, 0.3) is 0 Å². The van der Waals surface area contributed by atoms with Crippen LogP contribution < -0.4 is 0 Å². The Morgan fingerprint density at radius 3 is 2.44 bits per heavy atom. The van der Waals surface area contributed by atoms with E-state index in [1.807, 2.05) is 0 Å². The third-order valence-electron chi connectivity index (χ3n) is 3.45. The minimum atomic E-state index is 0.832. The van der Waals surface area contributed by atoms with E-state index in [1.165, 1.54) is 43.3 Å². The van der Waals surface area contributed by atoms with Crippen LogP contribution >= 0.6 is 15.9 Å². The Bertz CT molecular complexity index is 284. The highest BCUT2D eigenvalue weighted by Gasteiger charge is 2.02. The van der Waals surface area contributed by atoms with Crippen molar-refractivity contribution in [1.29, 1.82) is 0 Å². The van der Waals surface area contributed by atoms with E-state index < -0.39 is 0 Å². The molecule has 0 saturated heterocycles. The first-order chi connectivity index (χ1) is 8.63. The average Bonchev–Trinajstić information content (AvgIpc) is 2.36. The number of allylic oxidation sites excluding steroid dienone is 6. The lowest BCUT2D eigenvalue weighted by molar-refractivity contribution is 0.480. The molecule has 18 heavy (non-hydrogen) atoms. The number of hydrogen-bond acceptors (Lipinski definition) is 0. The Balaban J connectivity index is 4.01. The smallest absolute Gasteiger partial charge is 0.0217 e. The predicted molar refractivity (Wildman–Crippen MR) is 88.4 cm³/mol. The first kappa shape index (κ1) is 17.7. The Morgan fingerprint density at radius 1 is 1.17 bits per heavy atom. The van der Waals surface area contributed by atoms with Crippen LogP contribution in [0.25, 0.3) is 0 Å². The minimum Gasteiger partial charge on any atom is -0.0883 e. The molecule has 0 aliphatic carbocycles. The zero-order chi connectivity index (χ0) is 13.8. The van der Waals surface area contributed by atoms with Crippen LogP contribution in [-0.4, -0.2) is 5.33 Å². The van der Waals surface area contributed by atoms with Crippen LogP contribution in [0.5, 0.6) is 0 Å². The standard InChI is InChI=1S/C17H29Br/c1-5-15(3)9-7-11-17(6-2)12-8-10-16(4)13-14-18/h8-10,13,17H,5-7,11-12,14H2,1-4H3/b10-8+,15-9+,16-13+. The first-order valence-corrected chi connectivity index (χ1v) is 8.31. The molecule has 0 bridgehead atoms. The molecule has 0 aromatic heterocycles. The van der Waals surface area contributed by atoms with Gasteiger partial charge in [0.2, 0.25) is 0 Å². The van der Waals surface area contributed by atoms with E-state index in [0.29, 0.717) is 0 Å². The van der Waals surface area contributed by atoms with Crippen molar-refractivity contribution in [2.75, 3.05) is 5.33 Å². The maximum absolute atomic E-state index is 3.42. The highest BCUT2D eigenvalue weighted by molar-refractivity contribution is 9.09. The van der Waals surface area contributed by atoms with Crippen molar-refractivity contribution in [3.8, 4) is 0 Å². The van der Waals surface area contributed by atoms with E-state index in [1.54, 1.807) is 0 Å². The van der Waals surface area contributed by atoms with Gasteiger partial charge in [-0.1, -0.05) is 71.6 Å². The molecule has 1 heteroatoms. The second-order valence-corrected chi connectivity index (χ2v) is 5.64. The van der Waals surface area contributed by atoms with E-state index in [0.717, 1.165) is 11.2 Å². The van der Waals surface area contributed by atoms with Gasteiger partial charge in [0.15, 0.2) is 0 Å². The monoisotopic (exact) mass is 312 g/mol. The molecular weight excluding hydrogens is 284 g/mol. The molecule has 0 rings (SSSR count). The summed E-state index contributed by atoms with van der Waals surface area (Å²) in [6.45, 7) is 8.92. The van der Waals surface area contributed by atoms with E-state index in [-0.39, 0.29) is 0 Å². The summed E-state index contributed by atoms with van der Waals surface area (Å²) in [6.07, 6.45) is 15.4. The fraction of sp³-hybridized carbons (Fsp3) is 0.647. The van der Waals surface area contributed by atoms with Gasteiger partial charge in [-0.05, 0) is 45.4 Å². The molecule has 0 heterocycles. The molecule has 0 aliphatic heterocycles. The zero-order valence-corrected chi connectivity index (χ0v) is 14.1. The van der Waals surface area contributed by atoms with Crippen molar-refractivity contribution in [1.82, 2.24) is 0 Å². The van der Waals surface area contributed by atoms with E-state index in [9.17, 15) is 0 Å². The van der Waals surface area contributed by atoms with Gasteiger partial charge in [-0.15, -0.1) is 0 Å². The van der Waals surface area contributed by atoms with E-state index in [4.69, 9.17) is 0 Å². The number of halogens is 1. The van der Waals surface area contributed by atoms with Gasteiger partial charge in [-0.25, -0.2) is 0 Å². The summed E-state index contributed by atoms with van der Waals surface area (Å²) < 4.78 is 0. The Kier molecular flexibility index (Phi) is 11.6. The van der Waals surface area contributed by atoms with E-state index >= 15 is 0 Å². The maximum Gasteiger partial charge on any atom is 0.0217 e. The van der Waals surface area contributed by atoms with Crippen LogP contribution in [0.15, 0.2) is 35.5 Å². The van der Waals surface area contributed by atoms with Gasteiger partial charge >= 0.3 is 0 Å². The summed E-state index contributed by atoms with van der Waals surface area (Å²) in [4.78, 5) is 0. The summed E-state index contributed by atoms with van der Waals surface area (Å²) in [6, 6.07) is 0. The molecule has 0 aromatic carbocycles. The highest BCUT2D eigenvalue weighted by Crippen LogP contribution is 2.17. The molecule has 0 N–H and O–H groups in total. The lowest BCUT2D eigenvalue weighted by Gasteiger charge is -2.11. The fourth-order valence-corrected chi connectivity index (χ4v) is 2.35. The van der Waals surface area contributed by atoms with Crippen LogP contribution in [-0.2, 0) is 0 Å². The van der Waals surface area contributed by atoms with Crippen LogP contribution in [0.3, 0.4) is 0 Å². The number of rotatable bonds is 9. The Labute approximate surface area is 122 Å². The maximum atomic E-state index is 3.42. The van der Waals surface area contributed by atoms with Gasteiger partial charge in [0.05, 0.1) is 0 Å². The third-order valence-corrected chi connectivity index (χ3v) is 3.78. The van der Waals surface area contributed by atoms with Crippen molar-refractivity contribution in [3.63, 3.8) is 0 Å². The first-order valence-electron chi connectivity index (χ1n) is 7.18. The van der Waals surface area contributed by atoms with Crippen LogP contribution in [0.1, 0.15) is 59.8 Å². The summed E-state index contributed by atoms with van der Waals surface area (Å²) >= 11 is 3.42. The molecule has 104 valence electrons. The second kappa shape index (κ2) is 11.8. The predicted octanol–water partition coefficient (Wildman–Crippen LogP) is 6.44. The Morgan fingerprint density at radius 2 is 1.89 bits per heavy atom. The molecule has 0 aliphatic rings. The van der Waals surface area contributed by atoms with Gasteiger partial charge < -0.3 is 0 Å². The molecule has 0 fully saturated rings. The van der Waals surface area contributed by atoms with E-state index in [2.05, 4.69) is 67.9 Å². The molecule has 0 saturated carbocycles. The van der Waals surface area contributed by atoms with Gasteiger partial charge in [-0.3, -0.25) is 0 Å². The lowest BCUT2D eigenvalue weighted by atomic mass is 9.95. The van der Waals surface area contributed by atoms with Gasteiger partial charge in [0.1, 0.15) is 0 Å². The highest BCUT2D eigenvalue weighted by atomic mass is 79.9. The summed E-state index contributed by atoms with van der Waals surface area (Å²) in [5.74, 6) is 0.832. The Hall–Kier alpha value is -0.300. The quantitative estimate of drug-likeness (QED) is 0.261. The average molecular weight is 313 g/mol. The number of alkyl halides is 1. The molecule has 0 spiro atoms. The molecule has 0 aromatic rings. The summed E-state index contributed by atoms with van der Waals surface area (Å²) in [7, 11) is 0. The SMILES string of the molecule is CC/C(C)=C/CCC(CC)C/C=C/C(C)=C/CBr. The van der Waals surface area contributed by atoms with Crippen LogP contribution in [0.4, 0.5) is 0 Å². The van der Waals surface area contributed by atoms with Gasteiger partial charge in [-0.2, -0.15) is 0 Å². The van der Waals surface area contributed by atoms with Crippen molar-refractivity contribution in [2.45, 2.75) is 59.8 Å². The van der Waals surface area contributed by atoms with Crippen molar-refractivity contribution in [3.05, 3.63) is 35.5 Å². The minimum absolute atomic E-state index is 0.832. The molecule has 0 nitrogen and oxygen atoms in total. The largest absolute Gasteiger partial charge is 0.0883 e. The van der Waals surface area contributed by atoms with Crippen molar-refractivity contribution >= 4 is 15.9 Å². The molecular formula is C17H29Br. The summed E-state index contributed by atoms with van der Waals surface area (Å²) in [5, 5.41) is 0.946. The van der Waals surface area contributed by atoms with Crippen molar-refractivity contribution in [2.24, 2.45) is 5.92 Å². The topological polar surface area (TPSA) is 0 Å². The lowest BCUT2D eigenvalue weighted by Crippen LogP contribution is -1.96. The normalized spacial score (nSPS) is 15.4. The van der Waals surface area contributed by atoms with Crippen LogP contribution in [0, 0.1) is 5.92 Å². The zero-order valence-electron chi connectivity index (χ0n) is 12.5. The van der Waals surface area contributed by atoms with Crippen molar-refractivity contribution < 1.29 is 0 Å². The molecule has 1 unspecified atom stereocenters. The second-order valence-electron chi connectivity index (χ2n) is 5.00. The number of hydrogen-bond donors (Lipinski definition) is 0. The molecule has 0 radical (unpaired) electrons.